The van der Waals surface area contributed by atoms with Gasteiger partial charge in [0, 0.05) is 22.4 Å². The molecule has 0 radical (unpaired) electrons. The van der Waals surface area contributed by atoms with E-state index in [2.05, 4.69) is 71.7 Å². The zero-order valence-electron chi connectivity index (χ0n) is 13.8. The van der Waals surface area contributed by atoms with Gasteiger partial charge in [-0.05, 0) is 49.4 Å². The van der Waals surface area contributed by atoms with Crippen molar-refractivity contribution in [2.75, 3.05) is 11.9 Å². The van der Waals surface area contributed by atoms with Crippen molar-refractivity contribution in [3.05, 3.63) is 60.2 Å². The Kier molecular flexibility index (Phi) is 6.45. The molecule has 0 aromatic heterocycles. The Morgan fingerprint density at radius 3 is 2.57 bits per heavy atom. The van der Waals surface area contributed by atoms with Gasteiger partial charge in [-0.25, -0.2) is 0 Å². The SMILES string of the molecule is c1ccc(CCCNc2cccc(SC3CCCCC3)c2)cc1. The first-order valence-corrected chi connectivity index (χ1v) is 9.83. The number of benzene rings is 2. The second-order valence-electron chi connectivity index (χ2n) is 6.42. The fourth-order valence-electron chi connectivity index (χ4n) is 3.22. The normalized spacial score (nSPS) is 15.5. The van der Waals surface area contributed by atoms with Crippen LogP contribution < -0.4 is 5.32 Å². The molecule has 0 aliphatic heterocycles. The second-order valence-corrected chi connectivity index (χ2v) is 7.80. The van der Waals surface area contributed by atoms with Crippen LogP contribution in [0.2, 0.25) is 0 Å². The Morgan fingerprint density at radius 2 is 1.74 bits per heavy atom. The lowest BCUT2D eigenvalue weighted by molar-refractivity contribution is 0.516. The fourth-order valence-corrected chi connectivity index (χ4v) is 4.53. The van der Waals surface area contributed by atoms with Crippen LogP contribution in [-0.2, 0) is 6.42 Å². The summed E-state index contributed by atoms with van der Waals surface area (Å²) in [6, 6.07) is 19.7. The van der Waals surface area contributed by atoms with Crippen molar-refractivity contribution in [2.45, 2.75) is 55.1 Å². The first kappa shape index (κ1) is 16.4. The summed E-state index contributed by atoms with van der Waals surface area (Å²) in [5.41, 5.74) is 2.69. The maximum atomic E-state index is 3.58. The summed E-state index contributed by atoms with van der Waals surface area (Å²) in [7, 11) is 0. The molecule has 1 N–H and O–H groups in total. The third-order valence-electron chi connectivity index (χ3n) is 4.50. The first-order valence-electron chi connectivity index (χ1n) is 8.95. The van der Waals surface area contributed by atoms with Crippen LogP contribution in [0.15, 0.2) is 59.5 Å². The summed E-state index contributed by atoms with van der Waals surface area (Å²) >= 11 is 2.07. The first-order chi connectivity index (χ1) is 11.4. The molecule has 122 valence electrons. The summed E-state index contributed by atoms with van der Waals surface area (Å²) in [5.74, 6) is 0. The number of nitrogens with one attached hydrogen (secondary N) is 1. The molecule has 2 aromatic rings. The molecule has 2 heteroatoms. The molecular weight excluding hydrogens is 298 g/mol. The predicted molar refractivity (Wildman–Crippen MR) is 102 cm³/mol. The maximum absolute atomic E-state index is 3.58. The molecular formula is C21H27NS. The molecule has 0 spiro atoms. The van der Waals surface area contributed by atoms with Gasteiger partial charge in [0.25, 0.3) is 0 Å². The lowest BCUT2D eigenvalue weighted by Crippen LogP contribution is -2.07. The Bertz CT molecular complexity index is 575. The summed E-state index contributed by atoms with van der Waals surface area (Å²) in [6.45, 7) is 1.03. The molecule has 0 unspecified atom stereocenters. The van der Waals surface area contributed by atoms with Gasteiger partial charge in [0.1, 0.15) is 0 Å². The van der Waals surface area contributed by atoms with Crippen LogP contribution >= 0.6 is 11.8 Å². The lowest BCUT2D eigenvalue weighted by atomic mass is 10.0. The summed E-state index contributed by atoms with van der Waals surface area (Å²) in [6.07, 6.45) is 9.34. The van der Waals surface area contributed by atoms with E-state index in [-0.39, 0.29) is 0 Å². The molecule has 1 fully saturated rings. The average molecular weight is 326 g/mol. The topological polar surface area (TPSA) is 12.0 Å². The van der Waals surface area contributed by atoms with Gasteiger partial charge in [-0.15, -0.1) is 11.8 Å². The smallest absolute Gasteiger partial charge is 0.0351 e. The third kappa shape index (κ3) is 5.62. The van der Waals surface area contributed by atoms with Gasteiger partial charge in [0.2, 0.25) is 0 Å². The van der Waals surface area contributed by atoms with Crippen LogP contribution in [-0.4, -0.2) is 11.8 Å². The zero-order chi connectivity index (χ0) is 15.7. The molecule has 1 saturated carbocycles. The Morgan fingerprint density at radius 1 is 0.913 bits per heavy atom. The second kappa shape index (κ2) is 9.02. The highest BCUT2D eigenvalue weighted by Gasteiger charge is 2.14. The highest BCUT2D eigenvalue weighted by Crippen LogP contribution is 2.34. The number of hydrogen-bond acceptors (Lipinski definition) is 2. The van der Waals surface area contributed by atoms with Crippen molar-refractivity contribution in [3.8, 4) is 0 Å². The standard InChI is InChI=1S/C21H27NS/c1-3-9-18(10-4-1)11-8-16-22-19-12-7-15-21(17-19)23-20-13-5-2-6-14-20/h1,3-4,7,9-10,12,15,17,20,22H,2,5-6,8,11,13-14,16H2. The molecule has 0 heterocycles. The summed E-state index contributed by atoms with van der Waals surface area (Å²) in [5, 5.41) is 4.41. The number of anilines is 1. The molecule has 1 aliphatic carbocycles. The van der Waals surface area contributed by atoms with E-state index in [9.17, 15) is 0 Å². The third-order valence-corrected chi connectivity index (χ3v) is 5.83. The van der Waals surface area contributed by atoms with E-state index >= 15 is 0 Å². The Labute approximate surface area is 144 Å². The highest BCUT2D eigenvalue weighted by molar-refractivity contribution is 8.00. The highest BCUT2D eigenvalue weighted by atomic mass is 32.2. The van der Waals surface area contributed by atoms with Crippen LogP contribution in [0, 0.1) is 0 Å². The van der Waals surface area contributed by atoms with Crippen molar-refractivity contribution in [1.82, 2.24) is 0 Å². The summed E-state index contributed by atoms with van der Waals surface area (Å²) < 4.78 is 0. The van der Waals surface area contributed by atoms with Crippen molar-refractivity contribution in [2.24, 2.45) is 0 Å². The average Bonchev–Trinajstić information content (AvgIpc) is 2.61. The van der Waals surface area contributed by atoms with E-state index in [1.807, 2.05) is 0 Å². The van der Waals surface area contributed by atoms with E-state index in [0.29, 0.717) is 0 Å². The number of aryl methyl sites for hydroxylation is 1. The minimum absolute atomic E-state index is 0.831. The Hall–Kier alpha value is -1.41. The van der Waals surface area contributed by atoms with Gasteiger partial charge in [0.15, 0.2) is 0 Å². The summed E-state index contributed by atoms with van der Waals surface area (Å²) in [4.78, 5) is 1.42. The number of hydrogen-bond donors (Lipinski definition) is 1. The van der Waals surface area contributed by atoms with Crippen LogP contribution in [0.5, 0.6) is 0 Å². The van der Waals surface area contributed by atoms with Crippen LogP contribution in [0.4, 0.5) is 5.69 Å². The molecule has 1 aliphatic rings. The van der Waals surface area contributed by atoms with Crippen molar-refractivity contribution < 1.29 is 0 Å². The van der Waals surface area contributed by atoms with E-state index in [1.54, 1.807) is 0 Å². The van der Waals surface area contributed by atoms with E-state index in [4.69, 9.17) is 0 Å². The van der Waals surface area contributed by atoms with E-state index in [1.165, 1.54) is 54.7 Å². The van der Waals surface area contributed by atoms with Crippen LogP contribution in [0.25, 0.3) is 0 Å². The molecule has 2 aromatic carbocycles. The maximum Gasteiger partial charge on any atom is 0.0351 e. The lowest BCUT2D eigenvalue weighted by Gasteiger charge is -2.21. The van der Waals surface area contributed by atoms with Gasteiger partial charge in [-0.2, -0.15) is 0 Å². The number of rotatable bonds is 7. The van der Waals surface area contributed by atoms with Gasteiger partial charge in [-0.3, -0.25) is 0 Å². The minimum Gasteiger partial charge on any atom is -0.385 e. The molecule has 0 atom stereocenters. The predicted octanol–water partition coefficient (Wildman–Crippen LogP) is 6.16. The quantitative estimate of drug-likeness (QED) is 0.612. The molecule has 23 heavy (non-hydrogen) atoms. The molecule has 0 amide bonds. The van der Waals surface area contributed by atoms with Gasteiger partial charge in [-0.1, -0.05) is 55.7 Å². The number of thioether (sulfide) groups is 1. The molecule has 0 bridgehead atoms. The minimum atomic E-state index is 0.831. The van der Waals surface area contributed by atoms with Crippen molar-refractivity contribution in [3.63, 3.8) is 0 Å². The van der Waals surface area contributed by atoms with Gasteiger partial charge in [0.05, 0.1) is 0 Å². The Balaban J connectivity index is 1.43. The van der Waals surface area contributed by atoms with Crippen LogP contribution in [0.1, 0.15) is 44.1 Å². The molecule has 1 nitrogen and oxygen atoms in total. The van der Waals surface area contributed by atoms with Crippen molar-refractivity contribution in [1.29, 1.82) is 0 Å². The zero-order valence-corrected chi connectivity index (χ0v) is 14.7. The van der Waals surface area contributed by atoms with Gasteiger partial charge < -0.3 is 5.32 Å². The van der Waals surface area contributed by atoms with E-state index in [0.717, 1.165) is 18.2 Å². The van der Waals surface area contributed by atoms with E-state index < -0.39 is 0 Å². The molecule has 0 saturated heterocycles. The largest absolute Gasteiger partial charge is 0.385 e. The fraction of sp³-hybridized carbons (Fsp3) is 0.429. The van der Waals surface area contributed by atoms with Crippen molar-refractivity contribution >= 4 is 17.4 Å². The molecule has 3 rings (SSSR count). The van der Waals surface area contributed by atoms with Gasteiger partial charge >= 0.3 is 0 Å². The van der Waals surface area contributed by atoms with Crippen LogP contribution in [0.3, 0.4) is 0 Å². The monoisotopic (exact) mass is 325 g/mol.